The SMILES string of the molecule is COc1nc(-c2cccc(-c3cccc(Nc4nc(C(F)F)nc5c4c(=O)n(C)c(=O)n5C)c3C)c2Cl)cc2c1[C@@H](N1CC[C@@]3(CN(CCO)C(=O)N3)C1)CC2. The van der Waals surface area contributed by atoms with Crippen LogP contribution in [0.5, 0.6) is 5.88 Å². The third kappa shape index (κ3) is 6.15. The first-order chi connectivity index (χ1) is 26.8. The van der Waals surface area contributed by atoms with E-state index < -0.39 is 23.5 Å². The molecule has 8 rings (SSSR count). The highest BCUT2D eigenvalue weighted by atomic mass is 35.5. The number of anilines is 2. The number of β-amino-alcohol motifs (C(OH)–C–C–N with tert-alkyl or cyclic N) is 1. The molecule has 3 aromatic heterocycles. The van der Waals surface area contributed by atoms with Gasteiger partial charge in [-0.05, 0) is 55.0 Å². The normalized spacial score (nSPS) is 19.4. The Balaban J connectivity index is 1.12. The van der Waals surface area contributed by atoms with E-state index in [0.29, 0.717) is 58.6 Å². The summed E-state index contributed by atoms with van der Waals surface area (Å²) >= 11 is 7.22. The molecule has 292 valence electrons. The molecule has 2 amide bonds. The maximum Gasteiger partial charge on any atom is 0.332 e. The lowest BCUT2D eigenvalue weighted by molar-refractivity contribution is 0.141. The fraction of sp³-hybridized carbons (Fsp3) is 0.385. The molecule has 0 bridgehead atoms. The number of aliphatic hydroxyl groups excluding tert-OH is 1. The summed E-state index contributed by atoms with van der Waals surface area (Å²) in [6.45, 7) is 4.13. The van der Waals surface area contributed by atoms with Gasteiger partial charge >= 0.3 is 11.7 Å². The highest BCUT2D eigenvalue weighted by Crippen LogP contribution is 2.46. The third-order valence-electron chi connectivity index (χ3n) is 11.3. The molecule has 17 heteroatoms. The van der Waals surface area contributed by atoms with E-state index in [4.69, 9.17) is 21.3 Å². The van der Waals surface area contributed by atoms with Gasteiger partial charge in [0.1, 0.15) is 11.2 Å². The molecule has 1 spiro atoms. The van der Waals surface area contributed by atoms with Crippen LogP contribution in [0.3, 0.4) is 0 Å². The van der Waals surface area contributed by atoms with Gasteiger partial charge in [-0.15, -0.1) is 0 Å². The van der Waals surface area contributed by atoms with Gasteiger partial charge in [-0.25, -0.2) is 33.3 Å². The lowest BCUT2D eigenvalue weighted by atomic mass is 9.96. The number of nitrogens with one attached hydrogen (secondary N) is 2. The number of carbonyl (C=O) groups excluding carboxylic acids is 1. The first-order valence-corrected chi connectivity index (χ1v) is 18.6. The number of pyridine rings is 1. The molecule has 56 heavy (non-hydrogen) atoms. The van der Waals surface area contributed by atoms with Gasteiger partial charge in [-0.2, -0.15) is 0 Å². The number of aromatic nitrogens is 5. The van der Waals surface area contributed by atoms with E-state index in [0.717, 1.165) is 51.6 Å². The van der Waals surface area contributed by atoms with Crippen LogP contribution in [0.25, 0.3) is 33.4 Å². The Hall–Kier alpha value is -5.45. The summed E-state index contributed by atoms with van der Waals surface area (Å²) in [6.07, 6.45) is -0.560. The van der Waals surface area contributed by atoms with Crippen LogP contribution in [-0.4, -0.2) is 90.5 Å². The first kappa shape index (κ1) is 37.5. The van der Waals surface area contributed by atoms with E-state index in [2.05, 4.69) is 31.6 Å². The van der Waals surface area contributed by atoms with Gasteiger partial charge in [0.25, 0.3) is 12.0 Å². The maximum absolute atomic E-state index is 14.0. The molecule has 2 aromatic carbocycles. The molecule has 3 N–H and O–H groups in total. The van der Waals surface area contributed by atoms with Crippen LogP contribution < -0.4 is 26.6 Å². The maximum atomic E-state index is 14.0. The number of methoxy groups -OCH3 is 1. The summed E-state index contributed by atoms with van der Waals surface area (Å²) in [5.74, 6) is -0.463. The highest BCUT2D eigenvalue weighted by molar-refractivity contribution is 6.36. The molecular weight excluding hydrogens is 748 g/mol. The molecule has 0 radical (unpaired) electrons. The van der Waals surface area contributed by atoms with Crippen LogP contribution in [0.15, 0.2) is 52.1 Å². The molecule has 1 aliphatic carbocycles. The second-order valence-electron chi connectivity index (χ2n) is 14.6. The zero-order valence-corrected chi connectivity index (χ0v) is 32.0. The summed E-state index contributed by atoms with van der Waals surface area (Å²) in [4.78, 5) is 55.4. The summed E-state index contributed by atoms with van der Waals surface area (Å²) in [5, 5.41) is 16.0. The summed E-state index contributed by atoms with van der Waals surface area (Å²) in [6, 6.07) is 13.0. The van der Waals surface area contributed by atoms with Crippen LogP contribution in [-0.2, 0) is 20.5 Å². The number of rotatable bonds is 9. The van der Waals surface area contributed by atoms with Crippen molar-refractivity contribution in [1.82, 2.24) is 39.2 Å². The fourth-order valence-electron chi connectivity index (χ4n) is 8.52. The number of aryl methyl sites for hydroxylation is 2. The Morgan fingerprint density at radius 1 is 1.05 bits per heavy atom. The van der Waals surface area contributed by atoms with Crippen molar-refractivity contribution in [2.75, 3.05) is 45.2 Å². The first-order valence-electron chi connectivity index (χ1n) is 18.3. The van der Waals surface area contributed by atoms with E-state index in [9.17, 15) is 28.3 Å². The van der Waals surface area contributed by atoms with Crippen molar-refractivity contribution in [3.63, 3.8) is 0 Å². The number of urea groups is 1. The molecule has 2 saturated heterocycles. The Bertz CT molecular complexity index is 2550. The van der Waals surface area contributed by atoms with Crippen molar-refractivity contribution in [2.45, 2.75) is 44.2 Å². The topological polar surface area (TPSA) is 160 Å². The van der Waals surface area contributed by atoms with Gasteiger partial charge in [0.15, 0.2) is 11.5 Å². The number of halogens is 3. The monoisotopic (exact) mass is 787 g/mol. The molecule has 2 fully saturated rings. The molecule has 3 aliphatic rings. The number of amides is 2. The summed E-state index contributed by atoms with van der Waals surface area (Å²) < 4.78 is 35.7. The Morgan fingerprint density at radius 3 is 2.55 bits per heavy atom. The predicted octanol–water partition coefficient (Wildman–Crippen LogP) is 4.86. The highest BCUT2D eigenvalue weighted by Gasteiger charge is 2.49. The van der Waals surface area contributed by atoms with E-state index >= 15 is 0 Å². The molecule has 0 unspecified atom stereocenters. The largest absolute Gasteiger partial charge is 0.481 e. The fourth-order valence-corrected chi connectivity index (χ4v) is 8.84. The second kappa shape index (κ2) is 14.2. The van der Waals surface area contributed by atoms with Gasteiger partial charge in [0.2, 0.25) is 5.88 Å². The average Bonchev–Trinajstić information content (AvgIpc) is 3.89. The summed E-state index contributed by atoms with van der Waals surface area (Å²) in [7, 11) is 4.27. The van der Waals surface area contributed by atoms with Gasteiger partial charge in [-0.3, -0.25) is 18.8 Å². The van der Waals surface area contributed by atoms with Crippen molar-refractivity contribution < 1.29 is 23.4 Å². The molecule has 2 atom stereocenters. The van der Waals surface area contributed by atoms with Crippen LogP contribution in [0.2, 0.25) is 5.02 Å². The van der Waals surface area contributed by atoms with Gasteiger partial charge in [0.05, 0.1) is 30.0 Å². The minimum absolute atomic E-state index is 0.0678. The van der Waals surface area contributed by atoms with Crippen molar-refractivity contribution in [3.8, 4) is 28.3 Å². The average molecular weight is 788 g/mol. The van der Waals surface area contributed by atoms with E-state index in [-0.39, 0.29) is 41.1 Å². The van der Waals surface area contributed by atoms with Crippen molar-refractivity contribution in [3.05, 3.63) is 90.8 Å². The molecule has 5 heterocycles. The number of likely N-dealkylation sites (tertiary alicyclic amines) is 1. The van der Waals surface area contributed by atoms with E-state index in [1.807, 2.05) is 31.2 Å². The Labute approximate surface area is 324 Å². The third-order valence-corrected chi connectivity index (χ3v) is 11.7. The van der Waals surface area contributed by atoms with Crippen molar-refractivity contribution in [1.29, 1.82) is 0 Å². The van der Waals surface area contributed by atoms with Crippen molar-refractivity contribution in [2.24, 2.45) is 14.1 Å². The van der Waals surface area contributed by atoms with Crippen molar-refractivity contribution >= 4 is 40.2 Å². The molecule has 5 aromatic rings. The molecule has 2 aliphatic heterocycles. The number of benzene rings is 2. The smallest absolute Gasteiger partial charge is 0.332 e. The minimum atomic E-state index is -3.05. The lowest BCUT2D eigenvalue weighted by Crippen LogP contribution is -2.46. The standard InChI is InChI=1S/C39H40ClF2N9O5/c1-20-22(7-6-10-25(20)43-32-29-34(46-33(45-32)31(41)42)48(2)38(55)49(3)36(29)53)23-8-5-9-24(30(23)40)26-17-21-11-12-27(28(21)35(44-26)56-4)50-14-13-39(18-50)19-51(15-16-52)37(54)47-39/h5-10,17,27,31,52H,11-16,18-19H2,1-4H3,(H,47,54)(H,43,45,46)/t27-,39-/m0/s1. The number of ether oxygens (including phenoxy) is 1. The van der Waals surface area contributed by atoms with Gasteiger partial charge < -0.3 is 25.4 Å². The number of nitrogens with zero attached hydrogens (tertiary/aromatic N) is 7. The zero-order chi connectivity index (χ0) is 39.6. The van der Waals surface area contributed by atoms with Gasteiger partial charge in [0, 0.05) is 68.7 Å². The number of carbonyl (C=O) groups is 1. The predicted molar refractivity (Wildman–Crippen MR) is 207 cm³/mol. The molecular formula is C39H40ClF2N9O5. The van der Waals surface area contributed by atoms with Crippen LogP contribution in [0, 0.1) is 6.92 Å². The van der Waals surface area contributed by atoms with Crippen LogP contribution in [0.1, 0.15) is 47.8 Å². The number of aliphatic hydroxyl groups is 1. The lowest BCUT2D eigenvalue weighted by Gasteiger charge is -2.28. The quantitative estimate of drug-likeness (QED) is 0.189. The summed E-state index contributed by atoms with van der Waals surface area (Å²) in [5.41, 5.74) is 4.09. The van der Waals surface area contributed by atoms with Gasteiger partial charge in [-0.1, -0.05) is 41.9 Å². The van der Waals surface area contributed by atoms with Crippen LogP contribution >= 0.6 is 11.6 Å². The number of alkyl halides is 2. The number of fused-ring (bicyclic) bond motifs is 2. The Morgan fingerprint density at radius 2 is 1.80 bits per heavy atom. The number of hydrogen-bond acceptors (Lipinski definition) is 10. The minimum Gasteiger partial charge on any atom is -0.481 e. The molecule has 14 nitrogen and oxygen atoms in total. The molecule has 0 saturated carbocycles. The number of hydrogen-bond donors (Lipinski definition) is 3. The second-order valence-corrected chi connectivity index (χ2v) is 15.0. The zero-order valence-electron chi connectivity index (χ0n) is 31.2. The Kier molecular flexibility index (Phi) is 9.53. The van der Waals surface area contributed by atoms with E-state index in [1.165, 1.54) is 14.1 Å². The van der Waals surface area contributed by atoms with Crippen LogP contribution in [0.4, 0.5) is 25.1 Å². The van der Waals surface area contributed by atoms with E-state index in [1.54, 1.807) is 24.1 Å².